The monoisotopic (exact) mass is 391 g/mol. The van der Waals surface area contributed by atoms with E-state index < -0.39 is 5.41 Å². The van der Waals surface area contributed by atoms with Gasteiger partial charge in [0.05, 0.1) is 22.7 Å². The fourth-order valence-corrected chi connectivity index (χ4v) is 2.96. The van der Waals surface area contributed by atoms with Crippen molar-refractivity contribution in [1.82, 2.24) is 15.5 Å². The molecule has 1 aromatic carbocycles. The Morgan fingerprint density at radius 3 is 2.67 bits per heavy atom. The van der Waals surface area contributed by atoms with Crippen LogP contribution in [0.1, 0.15) is 38.8 Å². The van der Waals surface area contributed by atoms with Gasteiger partial charge >= 0.3 is 5.97 Å². The van der Waals surface area contributed by atoms with E-state index in [1.807, 2.05) is 51.1 Å². The topological polar surface area (TPSA) is 67.0 Å². The molecule has 5 nitrogen and oxygen atoms in total. The maximum atomic E-state index is 12.2. The van der Waals surface area contributed by atoms with Crippen molar-refractivity contribution in [2.45, 2.75) is 39.3 Å². The molecule has 1 aliphatic rings. The smallest absolute Gasteiger partial charge is 0.312 e. The van der Waals surface area contributed by atoms with Crippen molar-refractivity contribution in [3.8, 4) is 11.3 Å². The Morgan fingerprint density at radius 1 is 1.29 bits per heavy atom. The fraction of sp³-hybridized carbons (Fsp3) is 0.444. The van der Waals surface area contributed by atoms with Crippen LogP contribution in [-0.4, -0.2) is 28.9 Å². The minimum absolute atomic E-state index is 0.0664. The molecule has 0 amide bonds. The molecule has 2 aromatic rings. The Hall–Kier alpha value is -1.66. The second-order valence-electron chi connectivity index (χ2n) is 7.14. The molecule has 6 heteroatoms. The van der Waals surface area contributed by atoms with E-state index >= 15 is 0 Å². The van der Waals surface area contributed by atoms with E-state index in [0.717, 1.165) is 34.4 Å². The van der Waals surface area contributed by atoms with Gasteiger partial charge in [-0.15, -0.1) is 0 Å². The first-order valence-corrected chi connectivity index (χ1v) is 8.89. The van der Waals surface area contributed by atoms with Gasteiger partial charge in [0.2, 0.25) is 0 Å². The number of hydrogen-bond acceptors (Lipinski definition) is 4. The van der Waals surface area contributed by atoms with Gasteiger partial charge in [0, 0.05) is 4.47 Å². The van der Waals surface area contributed by atoms with E-state index in [-0.39, 0.29) is 18.1 Å². The summed E-state index contributed by atoms with van der Waals surface area (Å²) >= 11 is 3.44. The first kappa shape index (κ1) is 17.2. The predicted octanol–water partition coefficient (Wildman–Crippen LogP) is 3.83. The van der Waals surface area contributed by atoms with Gasteiger partial charge in [0.15, 0.2) is 6.23 Å². The molecule has 0 bridgehead atoms. The second kappa shape index (κ2) is 6.69. The molecule has 1 fully saturated rings. The van der Waals surface area contributed by atoms with Crippen molar-refractivity contribution in [3.63, 3.8) is 0 Å². The number of esters is 1. The maximum absolute atomic E-state index is 12.2. The summed E-state index contributed by atoms with van der Waals surface area (Å²) in [4.78, 5) is 12.2. The molecule has 1 aliphatic heterocycles. The number of hydrogen-bond donors (Lipinski definition) is 2. The van der Waals surface area contributed by atoms with E-state index in [4.69, 9.17) is 4.74 Å². The molecule has 1 unspecified atom stereocenters. The van der Waals surface area contributed by atoms with Crippen molar-refractivity contribution < 1.29 is 9.53 Å². The summed E-state index contributed by atoms with van der Waals surface area (Å²) in [5, 5.41) is 10.8. The molecule has 1 saturated heterocycles. The van der Waals surface area contributed by atoms with Gasteiger partial charge in [-0.3, -0.25) is 15.2 Å². The first-order chi connectivity index (χ1) is 11.3. The zero-order chi connectivity index (χ0) is 17.3. The number of ether oxygens (including phenoxy) is 1. The van der Waals surface area contributed by atoms with Gasteiger partial charge in [0.25, 0.3) is 0 Å². The summed E-state index contributed by atoms with van der Waals surface area (Å²) < 4.78 is 6.71. The van der Waals surface area contributed by atoms with Crippen LogP contribution < -0.4 is 5.32 Å². The Morgan fingerprint density at radius 2 is 2.00 bits per heavy atom. The van der Waals surface area contributed by atoms with Crippen LogP contribution in [0, 0.1) is 5.41 Å². The molecule has 0 saturated carbocycles. The maximum Gasteiger partial charge on any atom is 0.312 e. The summed E-state index contributed by atoms with van der Waals surface area (Å²) in [6, 6.07) is 10.1. The lowest BCUT2D eigenvalue weighted by atomic mass is 9.97. The summed E-state index contributed by atoms with van der Waals surface area (Å²) in [6.07, 6.45) is 0.574. The van der Waals surface area contributed by atoms with E-state index in [1.54, 1.807) is 0 Å². The highest BCUT2D eigenvalue weighted by atomic mass is 79.9. The average Bonchev–Trinajstić information content (AvgIpc) is 3.15. The van der Waals surface area contributed by atoms with Crippen LogP contribution >= 0.6 is 15.9 Å². The van der Waals surface area contributed by atoms with Crippen molar-refractivity contribution in [2.24, 2.45) is 5.41 Å². The number of aromatic nitrogens is 2. The van der Waals surface area contributed by atoms with Crippen LogP contribution in [0.4, 0.5) is 0 Å². The Labute approximate surface area is 150 Å². The van der Waals surface area contributed by atoms with Crippen molar-refractivity contribution in [2.75, 3.05) is 6.54 Å². The largest absolute Gasteiger partial charge is 0.445 e. The third-order valence-corrected chi connectivity index (χ3v) is 4.67. The lowest BCUT2D eigenvalue weighted by Crippen LogP contribution is -2.36. The molecule has 1 aromatic heterocycles. The number of halogens is 1. The van der Waals surface area contributed by atoms with Crippen LogP contribution in [0.3, 0.4) is 0 Å². The van der Waals surface area contributed by atoms with Gasteiger partial charge in [0.1, 0.15) is 0 Å². The first-order valence-electron chi connectivity index (χ1n) is 8.10. The third-order valence-electron chi connectivity index (χ3n) is 4.15. The Balaban J connectivity index is 1.76. The lowest BCUT2D eigenvalue weighted by molar-refractivity contribution is -0.160. The molecule has 128 valence electrons. The summed E-state index contributed by atoms with van der Waals surface area (Å²) in [6.45, 7) is 6.39. The number of benzene rings is 1. The third kappa shape index (κ3) is 3.70. The molecule has 24 heavy (non-hydrogen) atoms. The number of carbonyl (C=O) groups is 1. The van der Waals surface area contributed by atoms with Crippen LogP contribution in [0.2, 0.25) is 0 Å². The highest BCUT2D eigenvalue weighted by Crippen LogP contribution is 2.31. The SMILES string of the molecule is CC(C)(C)C(=O)OC1NCC[C@H]1c1cc(-c2ccc(Br)cc2)[nH]n1. The number of nitrogens with zero attached hydrogens (tertiary/aromatic N) is 1. The minimum Gasteiger partial charge on any atom is -0.445 e. The molecule has 0 spiro atoms. The summed E-state index contributed by atoms with van der Waals surface area (Å²) in [5.74, 6) is -0.132. The minimum atomic E-state index is -0.511. The number of carbonyl (C=O) groups excluding carboxylic acids is 1. The predicted molar refractivity (Wildman–Crippen MR) is 96.4 cm³/mol. The van der Waals surface area contributed by atoms with Crippen molar-refractivity contribution in [1.29, 1.82) is 0 Å². The van der Waals surface area contributed by atoms with Gasteiger partial charge in [-0.25, -0.2) is 0 Å². The molecule has 2 N–H and O–H groups in total. The average molecular weight is 392 g/mol. The Bertz CT molecular complexity index is 719. The van der Waals surface area contributed by atoms with Gasteiger partial charge < -0.3 is 4.74 Å². The normalized spacial score (nSPS) is 21.0. The van der Waals surface area contributed by atoms with E-state index in [2.05, 4.69) is 31.4 Å². The zero-order valence-electron chi connectivity index (χ0n) is 14.1. The quantitative estimate of drug-likeness (QED) is 0.780. The second-order valence-corrected chi connectivity index (χ2v) is 8.05. The van der Waals surface area contributed by atoms with Crippen LogP contribution in [-0.2, 0) is 9.53 Å². The molecule has 0 aliphatic carbocycles. The van der Waals surface area contributed by atoms with Gasteiger partial charge in [-0.05, 0) is 57.5 Å². The number of rotatable bonds is 3. The van der Waals surface area contributed by atoms with Crippen LogP contribution in [0.15, 0.2) is 34.8 Å². The van der Waals surface area contributed by atoms with Crippen molar-refractivity contribution >= 4 is 21.9 Å². The highest BCUT2D eigenvalue weighted by Gasteiger charge is 2.35. The number of aromatic amines is 1. The molecular weight excluding hydrogens is 370 g/mol. The highest BCUT2D eigenvalue weighted by molar-refractivity contribution is 9.10. The number of H-pyrrole nitrogens is 1. The van der Waals surface area contributed by atoms with Crippen LogP contribution in [0.25, 0.3) is 11.3 Å². The number of nitrogens with one attached hydrogen (secondary N) is 2. The summed E-state index contributed by atoms with van der Waals surface area (Å²) in [5.41, 5.74) is 2.45. The molecular formula is C18H22BrN3O2. The van der Waals surface area contributed by atoms with E-state index in [9.17, 15) is 4.79 Å². The Kier molecular flexibility index (Phi) is 4.78. The standard InChI is InChI=1S/C18H22BrN3O2/c1-18(2,3)17(23)24-16-13(8-9-20-16)15-10-14(21-22-15)11-4-6-12(19)7-5-11/h4-7,10,13,16,20H,8-9H2,1-3H3,(H,21,22)/t13-,16?/m0/s1. The molecule has 3 rings (SSSR count). The van der Waals surface area contributed by atoms with E-state index in [1.165, 1.54) is 0 Å². The molecule has 2 atom stereocenters. The molecule has 0 radical (unpaired) electrons. The van der Waals surface area contributed by atoms with Gasteiger partial charge in [-0.1, -0.05) is 28.1 Å². The van der Waals surface area contributed by atoms with Crippen LogP contribution in [0.5, 0.6) is 0 Å². The van der Waals surface area contributed by atoms with Gasteiger partial charge in [-0.2, -0.15) is 5.10 Å². The fourth-order valence-electron chi connectivity index (χ4n) is 2.70. The zero-order valence-corrected chi connectivity index (χ0v) is 15.7. The summed E-state index contributed by atoms with van der Waals surface area (Å²) in [7, 11) is 0. The van der Waals surface area contributed by atoms with E-state index in [0.29, 0.717) is 0 Å². The van der Waals surface area contributed by atoms with Crippen molar-refractivity contribution in [3.05, 3.63) is 40.5 Å². The molecule has 2 heterocycles. The lowest BCUT2D eigenvalue weighted by Gasteiger charge is -2.23.